The molecule has 0 aromatic carbocycles. The van der Waals surface area contributed by atoms with Crippen LogP contribution in [0.25, 0.3) is 0 Å². The molecule has 3 saturated carbocycles. The van der Waals surface area contributed by atoms with Crippen molar-refractivity contribution in [3.8, 4) is 0 Å². The molecule has 0 bridgehead atoms. The van der Waals surface area contributed by atoms with E-state index in [9.17, 15) is 10.2 Å². The van der Waals surface area contributed by atoms with Gasteiger partial charge in [0.05, 0.1) is 12.7 Å². The maximum absolute atomic E-state index is 10.5. The Hall–Kier alpha value is -0.340. The minimum absolute atomic E-state index is 0.0924. The van der Waals surface area contributed by atoms with Gasteiger partial charge in [0.2, 0.25) is 0 Å². The fraction of sp³-hybridized carbons (Fsp3) is 0.895. The standard InChI is InChI=1S/C19H30O2/c1-18-11-9-16-14(15(18)7-8-17(18)21)6-5-13-4-2-3-10-19(13,16)12-20/h5,14-17,20-21H,2-4,6-12H2,1H3/t14-,15-,16-,17-,18-,19+/m0/s1. The van der Waals surface area contributed by atoms with Gasteiger partial charge in [-0.3, -0.25) is 0 Å². The lowest BCUT2D eigenvalue weighted by molar-refractivity contribution is -0.0826. The van der Waals surface area contributed by atoms with E-state index in [0.717, 1.165) is 12.8 Å². The molecule has 0 heterocycles. The summed E-state index contributed by atoms with van der Waals surface area (Å²) in [5.41, 5.74) is 1.84. The predicted molar refractivity (Wildman–Crippen MR) is 83.7 cm³/mol. The van der Waals surface area contributed by atoms with E-state index in [2.05, 4.69) is 13.0 Å². The maximum Gasteiger partial charge on any atom is 0.0596 e. The fourth-order valence-corrected chi connectivity index (χ4v) is 6.75. The molecule has 2 heteroatoms. The molecule has 3 fully saturated rings. The van der Waals surface area contributed by atoms with E-state index < -0.39 is 0 Å². The van der Waals surface area contributed by atoms with E-state index >= 15 is 0 Å². The van der Waals surface area contributed by atoms with Crippen LogP contribution in [0.5, 0.6) is 0 Å². The van der Waals surface area contributed by atoms with Crippen LogP contribution >= 0.6 is 0 Å². The molecule has 2 nitrogen and oxygen atoms in total. The molecule has 0 unspecified atom stereocenters. The van der Waals surface area contributed by atoms with Gasteiger partial charge in [-0.2, -0.15) is 0 Å². The maximum atomic E-state index is 10.5. The molecule has 0 amide bonds. The summed E-state index contributed by atoms with van der Waals surface area (Å²) in [6.07, 6.45) is 13.2. The molecular weight excluding hydrogens is 260 g/mol. The van der Waals surface area contributed by atoms with Gasteiger partial charge in [-0.05, 0) is 74.5 Å². The second-order valence-electron chi connectivity index (χ2n) is 8.50. The lowest BCUT2D eigenvalue weighted by Gasteiger charge is -2.57. The quantitative estimate of drug-likeness (QED) is 0.723. The van der Waals surface area contributed by atoms with Crippen molar-refractivity contribution in [1.82, 2.24) is 0 Å². The first-order valence-electron chi connectivity index (χ1n) is 9.10. The monoisotopic (exact) mass is 290 g/mol. The Bertz CT molecular complexity index is 456. The van der Waals surface area contributed by atoms with Crippen molar-refractivity contribution >= 4 is 0 Å². The summed E-state index contributed by atoms with van der Waals surface area (Å²) in [7, 11) is 0. The molecule has 0 aromatic heterocycles. The minimum Gasteiger partial charge on any atom is -0.395 e. The average Bonchev–Trinajstić information content (AvgIpc) is 2.82. The number of rotatable bonds is 1. The van der Waals surface area contributed by atoms with E-state index in [0.29, 0.717) is 24.4 Å². The highest BCUT2D eigenvalue weighted by atomic mass is 16.3. The third kappa shape index (κ3) is 1.78. The molecular formula is C19H30O2. The fourth-order valence-electron chi connectivity index (χ4n) is 6.75. The first-order chi connectivity index (χ1) is 10.1. The Balaban J connectivity index is 1.71. The summed E-state index contributed by atoms with van der Waals surface area (Å²) in [5.74, 6) is 2.05. The Morgan fingerprint density at radius 3 is 2.81 bits per heavy atom. The number of fused-ring (bicyclic) bond motifs is 5. The van der Waals surface area contributed by atoms with Gasteiger partial charge in [0.15, 0.2) is 0 Å². The van der Waals surface area contributed by atoms with Gasteiger partial charge in [0.1, 0.15) is 0 Å². The number of aliphatic hydroxyl groups is 2. The lowest BCUT2D eigenvalue weighted by Crippen LogP contribution is -2.52. The van der Waals surface area contributed by atoms with Crippen LogP contribution in [0, 0.1) is 28.6 Å². The summed E-state index contributed by atoms with van der Waals surface area (Å²) in [5, 5.41) is 20.7. The Labute approximate surface area is 128 Å². The molecule has 0 saturated heterocycles. The minimum atomic E-state index is -0.0924. The first-order valence-corrected chi connectivity index (χ1v) is 9.10. The normalized spacial score (nSPS) is 52.6. The van der Waals surface area contributed by atoms with Crippen molar-refractivity contribution in [2.45, 2.75) is 70.8 Å². The number of hydrogen-bond donors (Lipinski definition) is 2. The van der Waals surface area contributed by atoms with Gasteiger partial charge in [-0.25, -0.2) is 0 Å². The van der Waals surface area contributed by atoms with Crippen LogP contribution in [0.3, 0.4) is 0 Å². The smallest absolute Gasteiger partial charge is 0.0596 e. The van der Waals surface area contributed by atoms with E-state index in [1.807, 2.05) is 0 Å². The van der Waals surface area contributed by atoms with Gasteiger partial charge < -0.3 is 10.2 Å². The Morgan fingerprint density at radius 1 is 1.14 bits per heavy atom. The second kappa shape index (κ2) is 4.83. The largest absolute Gasteiger partial charge is 0.395 e. The van der Waals surface area contributed by atoms with Crippen molar-refractivity contribution in [2.75, 3.05) is 6.61 Å². The molecule has 6 atom stereocenters. The average molecular weight is 290 g/mol. The van der Waals surface area contributed by atoms with E-state index in [1.54, 1.807) is 5.57 Å². The highest BCUT2D eigenvalue weighted by Crippen LogP contribution is 2.64. The van der Waals surface area contributed by atoms with Gasteiger partial charge >= 0.3 is 0 Å². The number of hydrogen-bond acceptors (Lipinski definition) is 2. The molecule has 4 aliphatic rings. The first kappa shape index (κ1) is 14.3. The van der Waals surface area contributed by atoms with Gasteiger partial charge in [0.25, 0.3) is 0 Å². The molecule has 21 heavy (non-hydrogen) atoms. The van der Waals surface area contributed by atoms with Crippen molar-refractivity contribution in [3.05, 3.63) is 11.6 Å². The molecule has 2 N–H and O–H groups in total. The molecule has 0 aromatic rings. The van der Waals surface area contributed by atoms with Crippen LogP contribution < -0.4 is 0 Å². The molecule has 4 rings (SSSR count). The molecule has 0 radical (unpaired) electrons. The summed E-state index contributed by atoms with van der Waals surface area (Å²) in [6, 6.07) is 0. The Kier molecular flexibility index (Phi) is 3.28. The van der Waals surface area contributed by atoms with Crippen LogP contribution in [-0.4, -0.2) is 22.9 Å². The summed E-state index contributed by atoms with van der Waals surface area (Å²) < 4.78 is 0. The summed E-state index contributed by atoms with van der Waals surface area (Å²) >= 11 is 0. The van der Waals surface area contributed by atoms with Gasteiger partial charge in [-0.15, -0.1) is 0 Å². The van der Waals surface area contributed by atoms with E-state index in [-0.39, 0.29) is 16.9 Å². The highest BCUT2D eigenvalue weighted by Gasteiger charge is 2.59. The zero-order valence-electron chi connectivity index (χ0n) is 13.4. The van der Waals surface area contributed by atoms with Crippen molar-refractivity contribution < 1.29 is 10.2 Å². The third-order valence-corrected chi connectivity index (χ3v) is 7.97. The second-order valence-corrected chi connectivity index (χ2v) is 8.50. The molecule has 4 aliphatic carbocycles. The van der Waals surface area contributed by atoms with Crippen LogP contribution in [0.1, 0.15) is 64.7 Å². The summed E-state index contributed by atoms with van der Waals surface area (Å²) in [4.78, 5) is 0. The topological polar surface area (TPSA) is 40.5 Å². The van der Waals surface area contributed by atoms with Crippen LogP contribution in [0.2, 0.25) is 0 Å². The van der Waals surface area contributed by atoms with Crippen molar-refractivity contribution in [3.63, 3.8) is 0 Å². The van der Waals surface area contributed by atoms with Crippen LogP contribution in [-0.2, 0) is 0 Å². The van der Waals surface area contributed by atoms with E-state index in [1.165, 1.54) is 44.9 Å². The third-order valence-electron chi connectivity index (χ3n) is 7.97. The SMILES string of the molecule is C[C@]12CC[C@H]3[C@@H](CC=C4CCCC[C@@]43CO)[C@@H]1CC[C@@H]2O. The Morgan fingerprint density at radius 2 is 2.00 bits per heavy atom. The zero-order valence-corrected chi connectivity index (χ0v) is 13.4. The van der Waals surface area contributed by atoms with Crippen LogP contribution in [0.4, 0.5) is 0 Å². The van der Waals surface area contributed by atoms with Crippen molar-refractivity contribution in [1.29, 1.82) is 0 Å². The predicted octanol–water partition coefficient (Wildman–Crippen LogP) is 3.67. The van der Waals surface area contributed by atoms with Crippen LogP contribution in [0.15, 0.2) is 11.6 Å². The molecule has 118 valence electrons. The molecule has 0 aliphatic heterocycles. The van der Waals surface area contributed by atoms with E-state index in [4.69, 9.17) is 0 Å². The van der Waals surface area contributed by atoms with Crippen molar-refractivity contribution in [2.24, 2.45) is 28.6 Å². The zero-order chi connectivity index (χ0) is 14.7. The number of aliphatic hydroxyl groups excluding tert-OH is 2. The van der Waals surface area contributed by atoms with Gasteiger partial charge in [-0.1, -0.05) is 25.0 Å². The number of allylic oxidation sites excluding steroid dienone is 1. The lowest BCUT2D eigenvalue weighted by atomic mass is 9.47. The molecule has 0 spiro atoms. The van der Waals surface area contributed by atoms with Gasteiger partial charge in [0, 0.05) is 5.41 Å². The highest BCUT2D eigenvalue weighted by molar-refractivity contribution is 5.25. The summed E-state index contributed by atoms with van der Waals surface area (Å²) in [6.45, 7) is 2.68.